The summed E-state index contributed by atoms with van der Waals surface area (Å²) in [5.74, 6) is 0.118. The van der Waals surface area contributed by atoms with Crippen molar-refractivity contribution >= 4 is 0 Å². The molecule has 0 aromatic heterocycles. The van der Waals surface area contributed by atoms with Crippen LogP contribution in [-0.2, 0) is 12.8 Å². The van der Waals surface area contributed by atoms with Crippen molar-refractivity contribution in [2.24, 2.45) is 0 Å². The number of ether oxygens (including phenoxy) is 2. The molecule has 4 nitrogen and oxygen atoms in total. The first kappa shape index (κ1) is 14.1. The molecule has 0 saturated carbocycles. The number of methoxy groups -OCH3 is 2. The van der Waals surface area contributed by atoms with Crippen molar-refractivity contribution in [2.75, 3.05) is 14.2 Å². The Morgan fingerprint density at radius 2 is 1.60 bits per heavy atom. The largest absolute Gasteiger partial charge is 0.504 e. The van der Waals surface area contributed by atoms with Crippen molar-refractivity contribution in [3.8, 4) is 23.0 Å². The highest BCUT2D eigenvalue weighted by atomic mass is 16.5. The van der Waals surface area contributed by atoms with E-state index in [0.717, 1.165) is 6.42 Å². The van der Waals surface area contributed by atoms with Gasteiger partial charge < -0.3 is 19.7 Å². The molecule has 0 aliphatic rings. The summed E-state index contributed by atoms with van der Waals surface area (Å²) in [6, 6.07) is 11.6. The van der Waals surface area contributed by atoms with Crippen LogP contribution in [0.25, 0.3) is 0 Å². The monoisotopic (exact) mass is 274 g/mol. The van der Waals surface area contributed by atoms with E-state index in [0.29, 0.717) is 17.7 Å². The van der Waals surface area contributed by atoms with Crippen molar-refractivity contribution < 1.29 is 19.7 Å². The fourth-order valence-corrected chi connectivity index (χ4v) is 2.13. The molecule has 2 N–H and O–H groups in total. The Labute approximate surface area is 118 Å². The van der Waals surface area contributed by atoms with Gasteiger partial charge in [-0.25, -0.2) is 0 Å². The predicted octanol–water partition coefficient (Wildman–Crippen LogP) is 2.90. The zero-order valence-corrected chi connectivity index (χ0v) is 11.6. The van der Waals surface area contributed by atoms with Gasteiger partial charge in [0.05, 0.1) is 14.2 Å². The average Bonchev–Trinajstić information content (AvgIpc) is 2.48. The van der Waals surface area contributed by atoms with E-state index in [4.69, 9.17) is 9.47 Å². The first-order valence-electron chi connectivity index (χ1n) is 6.37. The maximum absolute atomic E-state index is 10.1. The van der Waals surface area contributed by atoms with Crippen molar-refractivity contribution in [3.05, 3.63) is 47.5 Å². The highest BCUT2D eigenvalue weighted by Crippen LogP contribution is 2.45. The molecule has 2 aromatic rings. The second kappa shape index (κ2) is 6.19. The molecule has 2 rings (SSSR count). The lowest BCUT2D eigenvalue weighted by Gasteiger charge is -2.14. The Bertz CT molecular complexity index is 579. The van der Waals surface area contributed by atoms with Crippen LogP contribution >= 0.6 is 0 Å². The normalized spacial score (nSPS) is 10.3. The lowest BCUT2D eigenvalue weighted by atomic mass is 10.0. The molecule has 0 saturated heterocycles. The van der Waals surface area contributed by atoms with Gasteiger partial charge in [0, 0.05) is 5.56 Å². The van der Waals surface area contributed by atoms with Gasteiger partial charge in [-0.05, 0) is 24.5 Å². The summed E-state index contributed by atoms with van der Waals surface area (Å²) in [5.41, 5.74) is 1.86. The minimum atomic E-state index is -0.184. The Hall–Kier alpha value is -2.36. The van der Waals surface area contributed by atoms with E-state index in [1.54, 1.807) is 6.07 Å². The second-order valence-corrected chi connectivity index (χ2v) is 4.45. The molecule has 0 bridgehead atoms. The van der Waals surface area contributed by atoms with Gasteiger partial charge in [-0.3, -0.25) is 0 Å². The number of rotatable bonds is 5. The molecule has 20 heavy (non-hydrogen) atoms. The summed E-state index contributed by atoms with van der Waals surface area (Å²) in [4.78, 5) is 0. The van der Waals surface area contributed by atoms with Crippen LogP contribution in [0.2, 0.25) is 0 Å². The summed E-state index contributed by atoms with van der Waals surface area (Å²) in [6.45, 7) is 0. The van der Waals surface area contributed by atoms with Crippen LogP contribution in [0.3, 0.4) is 0 Å². The Morgan fingerprint density at radius 3 is 2.20 bits per heavy atom. The summed E-state index contributed by atoms with van der Waals surface area (Å²) >= 11 is 0. The molecular formula is C16H18O4. The summed E-state index contributed by atoms with van der Waals surface area (Å²) in [7, 11) is 2.86. The molecule has 0 spiro atoms. The molecule has 0 radical (unpaired) electrons. The third kappa shape index (κ3) is 2.79. The Morgan fingerprint density at radius 1 is 0.900 bits per heavy atom. The highest BCUT2D eigenvalue weighted by Gasteiger charge is 2.18. The number of benzene rings is 2. The first-order valence-corrected chi connectivity index (χ1v) is 6.37. The number of aryl methyl sites for hydroxylation is 2. The quantitative estimate of drug-likeness (QED) is 0.880. The molecule has 0 atom stereocenters. The fraction of sp³-hybridized carbons (Fsp3) is 0.250. The topological polar surface area (TPSA) is 58.9 Å². The molecule has 106 valence electrons. The zero-order valence-electron chi connectivity index (χ0n) is 11.6. The maximum atomic E-state index is 10.1. The maximum Gasteiger partial charge on any atom is 0.207 e. The Balaban J connectivity index is 2.27. The third-order valence-corrected chi connectivity index (χ3v) is 3.22. The van der Waals surface area contributed by atoms with E-state index in [9.17, 15) is 10.2 Å². The van der Waals surface area contributed by atoms with Crippen LogP contribution < -0.4 is 9.47 Å². The number of phenolic OH excluding ortho intramolecular Hbond substituents is 2. The van der Waals surface area contributed by atoms with Crippen LogP contribution in [0.1, 0.15) is 11.1 Å². The molecular weight excluding hydrogens is 256 g/mol. The zero-order chi connectivity index (χ0) is 14.5. The number of aromatic hydroxyl groups is 2. The number of phenols is 2. The number of hydrogen-bond donors (Lipinski definition) is 2. The molecule has 0 heterocycles. The van der Waals surface area contributed by atoms with Gasteiger partial charge in [0.15, 0.2) is 11.5 Å². The first-order chi connectivity index (χ1) is 9.67. The molecule has 2 aromatic carbocycles. The summed E-state index contributed by atoms with van der Waals surface area (Å²) in [5, 5.41) is 20.0. The van der Waals surface area contributed by atoms with Crippen molar-refractivity contribution in [1.82, 2.24) is 0 Å². The summed E-state index contributed by atoms with van der Waals surface area (Å²) < 4.78 is 10.1. The van der Waals surface area contributed by atoms with E-state index in [1.165, 1.54) is 19.8 Å². The lowest BCUT2D eigenvalue weighted by Crippen LogP contribution is -1.96. The molecule has 0 unspecified atom stereocenters. The minimum absolute atomic E-state index is 0.0401. The van der Waals surface area contributed by atoms with Gasteiger partial charge in [0.25, 0.3) is 0 Å². The smallest absolute Gasteiger partial charge is 0.207 e. The second-order valence-electron chi connectivity index (χ2n) is 4.45. The molecule has 0 amide bonds. The third-order valence-electron chi connectivity index (χ3n) is 3.22. The van der Waals surface area contributed by atoms with Crippen LogP contribution in [0.5, 0.6) is 23.0 Å². The van der Waals surface area contributed by atoms with Gasteiger partial charge in [-0.15, -0.1) is 0 Å². The standard InChI is InChI=1S/C16H18O4/c1-19-13-10-12(14(17)16(20-2)15(13)18)9-8-11-6-4-3-5-7-11/h3-7,10,17-18H,8-9H2,1-2H3. The van der Waals surface area contributed by atoms with E-state index >= 15 is 0 Å². The van der Waals surface area contributed by atoms with Gasteiger partial charge >= 0.3 is 0 Å². The van der Waals surface area contributed by atoms with Gasteiger partial charge in [-0.2, -0.15) is 0 Å². The molecule has 0 aliphatic heterocycles. The lowest BCUT2D eigenvalue weighted by molar-refractivity contribution is 0.320. The van der Waals surface area contributed by atoms with Crippen LogP contribution in [0.15, 0.2) is 36.4 Å². The predicted molar refractivity (Wildman–Crippen MR) is 76.7 cm³/mol. The van der Waals surface area contributed by atoms with Crippen LogP contribution in [0.4, 0.5) is 0 Å². The van der Waals surface area contributed by atoms with Gasteiger partial charge in [0.1, 0.15) is 0 Å². The average molecular weight is 274 g/mol. The van der Waals surface area contributed by atoms with Gasteiger partial charge in [0.2, 0.25) is 11.5 Å². The number of hydrogen-bond acceptors (Lipinski definition) is 4. The SMILES string of the molecule is COc1cc(CCc2ccccc2)c(O)c(OC)c1O. The van der Waals surface area contributed by atoms with E-state index in [-0.39, 0.29) is 17.2 Å². The van der Waals surface area contributed by atoms with Crippen molar-refractivity contribution in [2.45, 2.75) is 12.8 Å². The van der Waals surface area contributed by atoms with Crippen LogP contribution in [-0.4, -0.2) is 24.4 Å². The Kier molecular flexibility index (Phi) is 4.35. The molecule has 0 fully saturated rings. The van der Waals surface area contributed by atoms with Crippen LogP contribution in [0, 0.1) is 0 Å². The fourth-order valence-electron chi connectivity index (χ4n) is 2.13. The van der Waals surface area contributed by atoms with E-state index in [1.807, 2.05) is 30.3 Å². The van der Waals surface area contributed by atoms with Crippen molar-refractivity contribution in [1.29, 1.82) is 0 Å². The molecule has 4 heteroatoms. The summed E-state index contributed by atoms with van der Waals surface area (Å²) in [6.07, 6.45) is 1.41. The van der Waals surface area contributed by atoms with E-state index < -0.39 is 0 Å². The van der Waals surface area contributed by atoms with Crippen molar-refractivity contribution in [3.63, 3.8) is 0 Å². The molecule has 0 aliphatic carbocycles. The van der Waals surface area contributed by atoms with Gasteiger partial charge in [-0.1, -0.05) is 30.3 Å². The highest BCUT2D eigenvalue weighted by molar-refractivity contribution is 5.61. The minimum Gasteiger partial charge on any atom is -0.504 e. The van der Waals surface area contributed by atoms with E-state index in [2.05, 4.69) is 0 Å².